The Kier molecular flexibility index (Phi) is 3.44. The second kappa shape index (κ2) is 5.59. The zero-order chi connectivity index (χ0) is 14.9. The van der Waals surface area contributed by atoms with Crippen molar-refractivity contribution in [1.82, 2.24) is 10.3 Å². The van der Waals surface area contributed by atoms with Crippen molar-refractivity contribution in [3.05, 3.63) is 42.0 Å². The number of methoxy groups -OCH3 is 1. The zero-order valence-electron chi connectivity index (χ0n) is 12.3. The molecule has 4 rings (SSSR count). The molecule has 0 unspecified atom stereocenters. The van der Waals surface area contributed by atoms with Gasteiger partial charge in [-0.15, -0.1) is 11.3 Å². The lowest BCUT2D eigenvalue weighted by Crippen LogP contribution is -2.16. The van der Waals surface area contributed by atoms with E-state index in [1.807, 2.05) is 24.3 Å². The molecule has 0 amide bonds. The van der Waals surface area contributed by atoms with Crippen LogP contribution in [0, 0.1) is 0 Å². The number of aromatic nitrogens is 1. The van der Waals surface area contributed by atoms with Gasteiger partial charge in [0, 0.05) is 24.2 Å². The second-order valence-electron chi connectivity index (χ2n) is 5.18. The molecule has 22 heavy (non-hydrogen) atoms. The Hall–Kier alpha value is -2.11. The van der Waals surface area contributed by atoms with E-state index in [1.165, 1.54) is 4.70 Å². The molecule has 1 aromatic heterocycles. The maximum Gasteiger partial charge on any atom is 0.165 e. The molecule has 5 heteroatoms. The van der Waals surface area contributed by atoms with Gasteiger partial charge in [-0.1, -0.05) is 12.1 Å². The van der Waals surface area contributed by atoms with Crippen LogP contribution >= 0.6 is 11.3 Å². The largest absolute Gasteiger partial charge is 0.493 e. The van der Waals surface area contributed by atoms with Crippen LogP contribution in [0.5, 0.6) is 11.5 Å². The molecule has 0 saturated heterocycles. The number of hydrogen-bond donors (Lipinski definition) is 1. The minimum absolute atomic E-state index is 0.657. The number of benzene rings is 2. The average molecular weight is 312 g/mol. The monoisotopic (exact) mass is 312 g/mol. The Balaban J connectivity index is 1.86. The van der Waals surface area contributed by atoms with Crippen molar-refractivity contribution in [3.8, 4) is 22.1 Å². The highest BCUT2D eigenvalue weighted by Gasteiger charge is 2.17. The van der Waals surface area contributed by atoms with Gasteiger partial charge in [0.15, 0.2) is 11.5 Å². The number of fused-ring (bicyclic) bond motifs is 2. The van der Waals surface area contributed by atoms with Crippen LogP contribution in [0.2, 0.25) is 0 Å². The van der Waals surface area contributed by atoms with Crippen LogP contribution in [0.4, 0.5) is 0 Å². The van der Waals surface area contributed by atoms with E-state index in [-0.39, 0.29) is 0 Å². The van der Waals surface area contributed by atoms with Gasteiger partial charge in [0.05, 0.1) is 17.3 Å². The number of nitrogens with one attached hydrogen (secondary N) is 1. The van der Waals surface area contributed by atoms with Crippen LogP contribution in [-0.2, 0) is 6.54 Å². The summed E-state index contributed by atoms with van der Waals surface area (Å²) in [4.78, 5) is 4.73. The summed E-state index contributed by atoms with van der Waals surface area (Å²) in [6.45, 7) is 2.28. The van der Waals surface area contributed by atoms with E-state index >= 15 is 0 Å². The Labute approximate surface area is 132 Å². The molecule has 1 aliphatic heterocycles. The SMILES string of the molecule is COc1cc(-c2nc3ccccc3s2)cc2c1OCCNC2. The first-order valence-electron chi connectivity index (χ1n) is 7.25. The number of para-hydroxylation sites is 1. The van der Waals surface area contributed by atoms with E-state index in [1.54, 1.807) is 18.4 Å². The highest BCUT2D eigenvalue weighted by Crippen LogP contribution is 2.39. The van der Waals surface area contributed by atoms with Gasteiger partial charge in [-0.2, -0.15) is 0 Å². The predicted molar refractivity (Wildman–Crippen MR) is 88.8 cm³/mol. The number of ether oxygens (including phenoxy) is 2. The smallest absolute Gasteiger partial charge is 0.165 e. The van der Waals surface area contributed by atoms with Gasteiger partial charge in [-0.05, 0) is 24.3 Å². The van der Waals surface area contributed by atoms with E-state index in [4.69, 9.17) is 14.5 Å². The number of hydrogen-bond acceptors (Lipinski definition) is 5. The Bertz CT molecular complexity index is 796. The summed E-state index contributed by atoms with van der Waals surface area (Å²) in [6.07, 6.45) is 0. The summed E-state index contributed by atoms with van der Waals surface area (Å²) < 4.78 is 12.5. The Morgan fingerprint density at radius 2 is 2.18 bits per heavy atom. The molecule has 0 bridgehead atoms. The Morgan fingerprint density at radius 1 is 1.27 bits per heavy atom. The number of nitrogens with zero attached hydrogens (tertiary/aromatic N) is 1. The molecule has 0 radical (unpaired) electrons. The molecule has 3 aromatic rings. The summed E-state index contributed by atoms with van der Waals surface area (Å²) >= 11 is 1.70. The lowest BCUT2D eigenvalue weighted by molar-refractivity contribution is 0.302. The van der Waals surface area contributed by atoms with Crippen LogP contribution in [-0.4, -0.2) is 25.2 Å². The molecular weight excluding hydrogens is 296 g/mol. The van der Waals surface area contributed by atoms with Crippen LogP contribution in [0.1, 0.15) is 5.56 Å². The van der Waals surface area contributed by atoms with E-state index in [9.17, 15) is 0 Å². The number of rotatable bonds is 2. The van der Waals surface area contributed by atoms with Crippen molar-refractivity contribution in [1.29, 1.82) is 0 Å². The highest BCUT2D eigenvalue weighted by atomic mass is 32.1. The number of thiazole rings is 1. The Morgan fingerprint density at radius 3 is 3.05 bits per heavy atom. The fourth-order valence-electron chi connectivity index (χ4n) is 2.67. The normalized spacial score (nSPS) is 14.2. The maximum atomic E-state index is 5.82. The van der Waals surface area contributed by atoms with Gasteiger partial charge in [-0.25, -0.2) is 4.98 Å². The van der Waals surface area contributed by atoms with Crippen molar-refractivity contribution in [2.45, 2.75) is 6.54 Å². The van der Waals surface area contributed by atoms with Gasteiger partial charge in [0.25, 0.3) is 0 Å². The molecule has 0 saturated carbocycles. The standard InChI is InChI=1S/C17H16N2O2S/c1-20-14-9-11(8-12-10-18-6-7-21-16(12)14)17-19-13-4-2-3-5-15(13)22-17/h2-5,8-9,18H,6-7,10H2,1H3. The quantitative estimate of drug-likeness (QED) is 0.787. The summed E-state index contributed by atoms with van der Waals surface area (Å²) in [6, 6.07) is 12.4. The minimum Gasteiger partial charge on any atom is -0.493 e. The van der Waals surface area contributed by atoms with Crippen LogP contribution < -0.4 is 14.8 Å². The summed E-state index contributed by atoms with van der Waals surface area (Å²) in [7, 11) is 1.68. The van der Waals surface area contributed by atoms with Crippen LogP contribution in [0.15, 0.2) is 36.4 Å². The van der Waals surface area contributed by atoms with Crippen molar-refractivity contribution in [2.24, 2.45) is 0 Å². The first-order valence-corrected chi connectivity index (χ1v) is 8.07. The predicted octanol–water partition coefficient (Wildman–Crippen LogP) is 3.45. The van der Waals surface area contributed by atoms with Gasteiger partial charge in [-0.3, -0.25) is 0 Å². The van der Waals surface area contributed by atoms with Crippen molar-refractivity contribution < 1.29 is 9.47 Å². The van der Waals surface area contributed by atoms with E-state index in [0.29, 0.717) is 6.61 Å². The molecule has 0 fully saturated rings. The molecule has 1 N–H and O–H groups in total. The molecule has 1 aliphatic rings. The molecule has 2 aromatic carbocycles. The summed E-state index contributed by atoms with van der Waals surface area (Å²) in [5.74, 6) is 1.62. The molecular formula is C17H16N2O2S. The topological polar surface area (TPSA) is 43.4 Å². The van der Waals surface area contributed by atoms with E-state index < -0.39 is 0 Å². The van der Waals surface area contributed by atoms with Gasteiger partial charge in [0.2, 0.25) is 0 Å². The average Bonchev–Trinajstić information content (AvgIpc) is 2.84. The molecule has 2 heterocycles. The molecule has 4 nitrogen and oxygen atoms in total. The van der Waals surface area contributed by atoms with Crippen LogP contribution in [0.25, 0.3) is 20.8 Å². The van der Waals surface area contributed by atoms with Crippen molar-refractivity contribution in [2.75, 3.05) is 20.3 Å². The highest BCUT2D eigenvalue weighted by molar-refractivity contribution is 7.21. The second-order valence-corrected chi connectivity index (χ2v) is 6.21. The maximum absolute atomic E-state index is 5.82. The lowest BCUT2D eigenvalue weighted by Gasteiger charge is -2.13. The molecule has 0 aliphatic carbocycles. The molecule has 112 valence electrons. The van der Waals surface area contributed by atoms with Crippen molar-refractivity contribution >= 4 is 21.6 Å². The van der Waals surface area contributed by atoms with Gasteiger partial charge < -0.3 is 14.8 Å². The zero-order valence-corrected chi connectivity index (χ0v) is 13.1. The third kappa shape index (κ3) is 2.32. The van der Waals surface area contributed by atoms with Gasteiger partial charge >= 0.3 is 0 Å². The lowest BCUT2D eigenvalue weighted by atomic mass is 10.1. The molecule has 0 atom stereocenters. The minimum atomic E-state index is 0.657. The van der Waals surface area contributed by atoms with Crippen molar-refractivity contribution in [3.63, 3.8) is 0 Å². The summed E-state index contributed by atoms with van der Waals surface area (Å²) in [5, 5.41) is 4.37. The first kappa shape index (κ1) is 13.5. The van der Waals surface area contributed by atoms with E-state index in [0.717, 1.165) is 46.2 Å². The third-order valence-electron chi connectivity index (χ3n) is 3.73. The summed E-state index contributed by atoms with van der Waals surface area (Å²) in [5.41, 5.74) is 3.22. The fraction of sp³-hybridized carbons (Fsp3) is 0.235. The first-order chi connectivity index (χ1) is 10.8. The van der Waals surface area contributed by atoms with Gasteiger partial charge in [0.1, 0.15) is 11.6 Å². The third-order valence-corrected chi connectivity index (χ3v) is 4.82. The molecule has 0 spiro atoms. The van der Waals surface area contributed by atoms with E-state index in [2.05, 4.69) is 17.4 Å². The van der Waals surface area contributed by atoms with Crippen LogP contribution in [0.3, 0.4) is 0 Å². The fourth-order valence-corrected chi connectivity index (χ4v) is 3.63.